The lowest BCUT2D eigenvalue weighted by Crippen LogP contribution is -1.99. The number of nitrogens with two attached hydrogens (primary N) is 1. The number of benzene rings is 2. The number of ether oxygens (including phenoxy) is 2. The molecular formula is C15H15N3O2. The number of hydrogen-bond donors (Lipinski definition) is 2. The summed E-state index contributed by atoms with van der Waals surface area (Å²) < 4.78 is 10.4. The van der Waals surface area contributed by atoms with Gasteiger partial charge in [-0.15, -0.1) is 0 Å². The van der Waals surface area contributed by atoms with Gasteiger partial charge in [-0.05, 0) is 24.3 Å². The Balaban J connectivity index is 2.37. The van der Waals surface area contributed by atoms with Crippen molar-refractivity contribution in [3.63, 3.8) is 0 Å². The highest BCUT2D eigenvalue weighted by atomic mass is 16.5. The molecule has 2 aromatic rings. The van der Waals surface area contributed by atoms with Crippen molar-refractivity contribution in [2.75, 3.05) is 25.3 Å². The Bertz CT molecular complexity index is 663. The summed E-state index contributed by atoms with van der Waals surface area (Å²) in [4.78, 5) is 0. The normalized spacial score (nSPS) is 9.65. The first-order valence-corrected chi connectivity index (χ1v) is 5.96. The average Bonchev–Trinajstić information content (AvgIpc) is 2.49. The summed E-state index contributed by atoms with van der Waals surface area (Å²) in [6, 6.07) is 12.6. The van der Waals surface area contributed by atoms with Gasteiger partial charge in [0.05, 0.1) is 42.9 Å². The lowest BCUT2D eigenvalue weighted by Gasteiger charge is -2.14. The van der Waals surface area contributed by atoms with E-state index in [2.05, 4.69) is 11.4 Å². The minimum atomic E-state index is 0.533. The molecule has 3 N–H and O–H groups in total. The third kappa shape index (κ3) is 2.75. The molecule has 0 spiro atoms. The minimum Gasteiger partial charge on any atom is -0.497 e. The summed E-state index contributed by atoms with van der Waals surface area (Å²) >= 11 is 0. The van der Waals surface area contributed by atoms with E-state index in [1.807, 2.05) is 0 Å². The molecule has 0 aromatic heterocycles. The average molecular weight is 269 g/mol. The summed E-state index contributed by atoms with van der Waals surface area (Å²) in [6.45, 7) is 0. The van der Waals surface area contributed by atoms with E-state index in [9.17, 15) is 0 Å². The third-order valence-electron chi connectivity index (χ3n) is 2.86. The van der Waals surface area contributed by atoms with Gasteiger partial charge in [0.2, 0.25) is 0 Å². The monoisotopic (exact) mass is 269 g/mol. The van der Waals surface area contributed by atoms with Crippen molar-refractivity contribution in [3.8, 4) is 17.6 Å². The van der Waals surface area contributed by atoms with Crippen molar-refractivity contribution in [1.29, 1.82) is 5.26 Å². The summed E-state index contributed by atoms with van der Waals surface area (Å²) in [5, 5.41) is 12.1. The highest BCUT2D eigenvalue weighted by Crippen LogP contribution is 2.32. The first-order chi connectivity index (χ1) is 9.67. The van der Waals surface area contributed by atoms with Crippen LogP contribution in [0.1, 0.15) is 5.56 Å². The highest BCUT2D eigenvalue weighted by molar-refractivity contribution is 5.77. The van der Waals surface area contributed by atoms with Crippen molar-refractivity contribution < 1.29 is 9.47 Å². The fourth-order valence-electron chi connectivity index (χ4n) is 1.78. The fraction of sp³-hybridized carbons (Fsp3) is 0.133. The van der Waals surface area contributed by atoms with Crippen LogP contribution in [0.25, 0.3) is 0 Å². The molecule has 0 aliphatic rings. The smallest absolute Gasteiger partial charge is 0.143 e. The Morgan fingerprint density at radius 3 is 2.50 bits per heavy atom. The number of nitrogen functional groups attached to an aromatic ring is 1. The molecule has 0 amide bonds. The Labute approximate surface area is 117 Å². The van der Waals surface area contributed by atoms with Gasteiger partial charge in [-0.25, -0.2) is 0 Å². The molecule has 102 valence electrons. The molecule has 0 unspecified atom stereocenters. The second-order valence-corrected chi connectivity index (χ2v) is 4.11. The van der Waals surface area contributed by atoms with Crippen molar-refractivity contribution in [3.05, 3.63) is 42.0 Å². The zero-order chi connectivity index (χ0) is 14.5. The van der Waals surface area contributed by atoms with Crippen LogP contribution < -0.4 is 20.5 Å². The maximum absolute atomic E-state index is 8.89. The maximum Gasteiger partial charge on any atom is 0.143 e. The lowest BCUT2D eigenvalue weighted by molar-refractivity contribution is 0.414. The summed E-state index contributed by atoms with van der Waals surface area (Å²) in [5.41, 5.74) is 8.50. The lowest BCUT2D eigenvalue weighted by atomic mass is 10.2. The number of methoxy groups -OCH3 is 2. The van der Waals surface area contributed by atoms with E-state index in [0.29, 0.717) is 28.4 Å². The number of nitrogens with zero attached hydrogens (tertiary/aromatic N) is 1. The first-order valence-electron chi connectivity index (χ1n) is 5.96. The SMILES string of the molecule is COc1ccc(N)c(Nc2ccc(C#N)cc2OC)c1. The van der Waals surface area contributed by atoms with Crippen LogP contribution in [0.2, 0.25) is 0 Å². The standard InChI is InChI=1S/C15H15N3O2/c1-19-11-4-5-12(17)14(8-11)18-13-6-3-10(9-16)7-15(13)20-2/h3-8,18H,17H2,1-2H3. The van der Waals surface area contributed by atoms with Gasteiger partial charge in [0.1, 0.15) is 11.5 Å². The van der Waals surface area contributed by atoms with E-state index in [-0.39, 0.29) is 0 Å². The van der Waals surface area contributed by atoms with Crippen LogP contribution in [0.5, 0.6) is 11.5 Å². The molecule has 0 aliphatic carbocycles. The molecule has 0 radical (unpaired) electrons. The van der Waals surface area contributed by atoms with Crippen LogP contribution in [0, 0.1) is 11.3 Å². The second kappa shape index (κ2) is 5.85. The second-order valence-electron chi connectivity index (χ2n) is 4.11. The van der Waals surface area contributed by atoms with Gasteiger partial charge in [0, 0.05) is 12.1 Å². The van der Waals surface area contributed by atoms with Crippen molar-refractivity contribution in [2.24, 2.45) is 0 Å². The topological polar surface area (TPSA) is 80.3 Å². The Hall–Kier alpha value is -2.87. The maximum atomic E-state index is 8.89. The fourth-order valence-corrected chi connectivity index (χ4v) is 1.78. The molecule has 5 nitrogen and oxygen atoms in total. The Morgan fingerprint density at radius 2 is 1.85 bits per heavy atom. The van der Waals surface area contributed by atoms with Crippen LogP contribution in [-0.4, -0.2) is 14.2 Å². The number of nitrogens with one attached hydrogen (secondary N) is 1. The number of hydrogen-bond acceptors (Lipinski definition) is 5. The Kier molecular flexibility index (Phi) is 3.96. The number of rotatable bonds is 4. The van der Waals surface area contributed by atoms with E-state index in [1.54, 1.807) is 50.6 Å². The molecule has 0 fully saturated rings. The predicted octanol–water partition coefficient (Wildman–Crippen LogP) is 2.90. The van der Waals surface area contributed by atoms with Gasteiger partial charge in [-0.3, -0.25) is 0 Å². The summed E-state index contributed by atoms with van der Waals surface area (Å²) in [7, 11) is 3.15. The molecule has 0 saturated carbocycles. The molecule has 0 heterocycles. The molecule has 20 heavy (non-hydrogen) atoms. The van der Waals surface area contributed by atoms with Gasteiger partial charge in [-0.2, -0.15) is 5.26 Å². The van der Waals surface area contributed by atoms with E-state index < -0.39 is 0 Å². The molecule has 2 rings (SSSR count). The van der Waals surface area contributed by atoms with E-state index in [0.717, 1.165) is 5.69 Å². The van der Waals surface area contributed by atoms with Crippen LogP contribution in [0.15, 0.2) is 36.4 Å². The van der Waals surface area contributed by atoms with E-state index in [1.165, 1.54) is 0 Å². The zero-order valence-corrected chi connectivity index (χ0v) is 11.3. The van der Waals surface area contributed by atoms with E-state index in [4.69, 9.17) is 20.5 Å². The number of nitriles is 1. The van der Waals surface area contributed by atoms with Gasteiger partial charge in [0.15, 0.2) is 0 Å². The van der Waals surface area contributed by atoms with Crippen LogP contribution >= 0.6 is 0 Å². The van der Waals surface area contributed by atoms with Crippen LogP contribution in [0.4, 0.5) is 17.1 Å². The first kappa shape index (κ1) is 13.6. The molecule has 0 saturated heterocycles. The van der Waals surface area contributed by atoms with Crippen molar-refractivity contribution >= 4 is 17.1 Å². The molecular weight excluding hydrogens is 254 g/mol. The summed E-state index contributed by atoms with van der Waals surface area (Å²) in [5.74, 6) is 1.28. The molecule has 5 heteroatoms. The van der Waals surface area contributed by atoms with Gasteiger partial charge < -0.3 is 20.5 Å². The quantitative estimate of drug-likeness (QED) is 0.834. The van der Waals surface area contributed by atoms with Gasteiger partial charge >= 0.3 is 0 Å². The van der Waals surface area contributed by atoms with Gasteiger partial charge in [-0.1, -0.05) is 0 Å². The van der Waals surface area contributed by atoms with Crippen LogP contribution in [0.3, 0.4) is 0 Å². The number of anilines is 3. The van der Waals surface area contributed by atoms with Crippen LogP contribution in [-0.2, 0) is 0 Å². The van der Waals surface area contributed by atoms with Crippen molar-refractivity contribution in [2.45, 2.75) is 0 Å². The third-order valence-corrected chi connectivity index (χ3v) is 2.86. The van der Waals surface area contributed by atoms with Gasteiger partial charge in [0.25, 0.3) is 0 Å². The molecule has 2 aromatic carbocycles. The zero-order valence-electron chi connectivity index (χ0n) is 11.3. The minimum absolute atomic E-state index is 0.533. The molecule has 0 bridgehead atoms. The Morgan fingerprint density at radius 1 is 1.05 bits per heavy atom. The largest absolute Gasteiger partial charge is 0.497 e. The van der Waals surface area contributed by atoms with Crippen molar-refractivity contribution in [1.82, 2.24) is 0 Å². The molecule has 0 aliphatic heterocycles. The van der Waals surface area contributed by atoms with E-state index >= 15 is 0 Å². The highest BCUT2D eigenvalue weighted by Gasteiger charge is 2.07. The molecule has 0 atom stereocenters. The summed E-state index contributed by atoms with van der Waals surface area (Å²) in [6.07, 6.45) is 0. The predicted molar refractivity (Wildman–Crippen MR) is 78.4 cm³/mol.